The quantitative estimate of drug-likeness (QED) is 0.418. The lowest BCUT2D eigenvalue weighted by atomic mass is 9.48. The zero-order valence-electron chi connectivity index (χ0n) is 21.2. The smallest absolute Gasteiger partial charge is 0.306 e. The second kappa shape index (κ2) is 8.07. The molecular weight excluding hydrogens is 380 g/mol. The number of carbonyl (C=O) groups excluding carboxylic acids is 1. The van der Waals surface area contributed by atoms with E-state index in [9.17, 15) is 4.79 Å². The van der Waals surface area contributed by atoms with Gasteiger partial charge in [-0.15, -0.1) is 0 Å². The molecule has 4 rings (SSSR count). The highest BCUT2D eigenvalue weighted by Crippen LogP contribution is 2.70. The fourth-order valence-electron chi connectivity index (χ4n) is 8.28. The topological polar surface area (TPSA) is 26.3 Å². The molecule has 0 bridgehead atoms. The zero-order chi connectivity index (χ0) is 22.6. The second-order valence-electron chi connectivity index (χ2n) is 12.6. The third-order valence-corrected chi connectivity index (χ3v) is 10.5. The highest BCUT2D eigenvalue weighted by atomic mass is 16.5. The third kappa shape index (κ3) is 3.55. The van der Waals surface area contributed by atoms with E-state index in [0.29, 0.717) is 17.8 Å². The fourth-order valence-corrected chi connectivity index (χ4v) is 8.28. The number of hydrogen-bond donors (Lipinski definition) is 0. The summed E-state index contributed by atoms with van der Waals surface area (Å²) in [5.41, 5.74) is 3.90. The van der Waals surface area contributed by atoms with Crippen LogP contribution in [-0.4, -0.2) is 12.1 Å². The molecule has 1 saturated carbocycles. The average Bonchev–Trinajstić information content (AvgIpc) is 2.91. The van der Waals surface area contributed by atoms with Crippen LogP contribution in [0.1, 0.15) is 106 Å². The lowest BCUT2D eigenvalue weighted by molar-refractivity contribution is -0.149. The Labute approximate surface area is 191 Å². The molecule has 174 valence electrons. The number of cyclic esters (lactones) is 1. The van der Waals surface area contributed by atoms with Crippen molar-refractivity contribution < 1.29 is 9.53 Å². The summed E-state index contributed by atoms with van der Waals surface area (Å²) >= 11 is 0. The summed E-state index contributed by atoms with van der Waals surface area (Å²) in [5.74, 6) is 2.84. The number of ether oxygens (including phenoxy) is 1. The number of allylic oxidation sites excluding steroid dienone is 4. The first-order valence-corrected chi connectivity index (χ1v) is 13.1. The highest BCUT2D eigenvalue weighted by molar-refractivity contribution is 5.70. The minimum absolute atomic E-state index is 0.00622. The predicted octanol–water partition coefficient (Wildman–Crippen LogP) is 7.88. The Kier molecular flexibility index (Phi) is 6.02. The molecule has 0 N–H and O–H groups in total. The van der Waals surface area contributed by atoms with Crippen molar-refractivity contribution in [2.24, 2.45) is 39.9 Å². The van der Waals surface area contributed by atoms with E-state index in [0.717, 1.165) is 30.6 Å². The SMILES string of the molecule is CC(C)CCC[C@H](C)[C@H]1CC[C@@]2(C)C3=CC[C@H]4[C@H](C)OC(=O)CC[C@]4(C)C3=CC[C@]12C. The largest absolute Gasteiger partial charge is 0.462 e. The minimum atomic E-state index is -0.00622. The van der Waals surface area contributed by atoms with Gasteiger partial charge in [-0.2, -0.15) is 0 Å². The Balaban J connectivity index is 1.63. The molecule has 4 aliphatic rings. The van der Waals surface area contributed by atoms with E-state index in [1.165, 1.54) is 38.5 Å². The van der Waals surface area contributed by atoms with Gasteiger partial charge in [-0.25, -0.2) is 0 Å². The van der Waals surface area contributed by atoms with Gasteiger partial charge in [-0.3, -0.25) is 4.79 Å². The van der Waals surface area contributed by atoms with Gasteiger partial charge >= 0.3 is 5.97 Å². The molecule has 0 aromatic carbocycles. The molecule has 0 amide bonds. The van der Waals surface area contributed by atoms with Gasteiger partial charge in [-0.1, -0.05) is 73.0 Å². The standard InChI is InChI=1S/C29H46O2/c1-19(2)9-8-10-20(3)22-13-17-29(7)25-12-11-23-21(4)31-26(30)15-16-27(23,5)24(25)14-18-28(22,29)6/h12,14,19-23H,8-11,13,15-18H2,1-7H3/t20-,21-,22+,23-,27-,28+,29-/m0/s1. The van der Waals surface area contributed by atoms with Crippen LogP contribution in [0.15, 0.2) is 23.3 Å². The molecule has 1 aliphatic heterocycles. The van der Waals surface area contributed by atoms with Crippen molar-refractivity contribution in [3.8, 4) is 0 Å². The Morgan fingerprint density at radius 3 is 2.52 bits per heavy atom. The molecule has 3 aliphatic carbocycles. The highest BCUT2D eigenvalue weighted by Gasteiger charge is 2.61. The summed E-state index contributed by atoms with van der Waals surface area (Å²) < 4.78 is 5.76. The summed E-state index contributed by atoms with van der Waals surface area (Å²) in [6.07, 6.45) is 15.7. The van der Waals surface area contributed by atoms with Crippen molar-refractivity contribution in [2.45, 2.75) is 112 Å². The van der Waals surface area contributed by atoms with Crippen molar-refractivity contribution in [3.63, 3.8) is 0 Å². The van der Waals surface area contributed by atoms with Crippen LogP contribution in [0.5, 0.6) is 0 Å². The predicted molar refractivity (Wildman–Crippen MR) is 129 cm³/mol. The van der Waals surface area contributed by atoms with E-state index in [1.807, 2.05) is 0 Å². The molecule has 7 atom stereocenters. The molecule has 1 heterocycles. The summed E-state index contributed by atoms with van der Waals surface area (Å²) in [6, 6.07) is 0. The van der Waals surface area contributed by atoms with Crippen molar-refractivity contribution in [3.05, 3.63) is 23.3 Å². The van der Waals surface area contributed by atoms with Crippen LogP contribution in [0.3, 0.4) is 0 Å². The van der Waals surface area contributed by atoms with Crippen LogP contribution in [0.25, 0.3) is 0 Å². The van der Waals surface area contributed by atoms with Gasteiger partial charge in [0.25, 0.3) is 0 Å². The maximum Gasteiger partial charge on any atom is 0.306 e. The van der Waals surface area contributed by atoms with Crippen molar-refractivity contribution in [1.29, 1.82) is 0 Å². The lowest BCUT2D eigenvalue weighted by Crippen LogP contribution is -2.48. The van der Waals surface area contributed by atoms with E-state index in [4.69, 9.17) is 4.74 Å². The van der Waals surface area contributed by atoms with Crippen LogP contribution >= 0.6 is 0 Å². The molecule has 31 heavy (non-hydrogen) atoms. The number of hydrogen-bond acceptors (Lipinski definition) is 2. The molecular formula is C29H46O2. The van der Waals surface area contributed by atoms with E-state index in [1.54, 1.807) is 11.1 Å². The molecule has 0 aromatic rings. The van der Waals surface area contributed by atoms with E-state index in [2.05, 4.69) is 60.6 Å². The van der Waals surface area contributed by atoms with Gasteiger partial charge in [-0.05, 0) is 84.2 Å². The summed E-state index contributed by atoms with van der Waals surface area (Å²) in [5, 5.41) is 0. The van der Waals surface area contributed by atoms with E-state index in [-0.39, 0.29) is 22.9 Å². The molecule has 2 fully saturated rings. The first-order valence-electron chi connectivity index (χ1n) is 13.1. The van der Waals surface area contributed by atoms with Crippen molar-refractivity contribution in [1.82, 2.24) is 0 Å². The average molecular weight is 427 g/mol. The summed E-state index contributed by atoms with van der Waals surface area (Å²) in [4.78, 5) is 12.2. The number of rotatable bonds is 5. The maximum atomic E-state index is 12.2. The zero-order valence-corrected chi connectivity index (χ0v) is 21.2. The monoisotopic (exact) mass is 426 g/mol. The first kappa shape index (κ1) is 23.1. The van der Waals surface area contributed by atoms with Gasteiger partial charge < -0.3 is 4.74 Å². The van der Waals surface area contributed by atoms with Gasteiger partial charge in [0.15, 0.2) is 0 Å². The van der Waals surface area contributed by atoms with E-state index < -0.39 is 0 Å². The van der Waals surface area contributed by atoms with Crippen LogP contribution in [0, 0.1) is 39.9 Å². The number of esters is 1. The second-order valence-corrected chi connectivity index (χ2v) is 12.6. The molecule has 0 spiro atoms. The fraction of sp³-hybridized carbons (Fsp3) is 0.828. The Bertz CT molecular complexity index is 776. The minimum Gasteiger partial charge on any atom is -0.462 e. The third-order valence-electron chi connectivity index (χ3n) is 10.5. The van der Waals surface area contributed by atoms with Gasteiger partial charge in [0.1, 0.15) is 6.10 Å². The van der Waals surface area contributed by atoms with Crippen LogP contribution in [-0.2, 0) is 9.53 Å². The van der Waals surface area contributed by atoms with Gasteiger partial charge in [0.05, 0.1) is 0 Å². The van der Waals surface area contributed by atoms with Gasteiger partial charge in [0, 0.05) is 12.3 Å². The molecule has 2 nitrogen and oxygen atoms in total. The molecule has 2 heteroatoms. The first-order chi connectivity index (χ1) is 14.5. The van der Waals surface area contributed by atoms with Crippen LogP contribution < -0.4 is 0 Å². The summed E-state index contributed by atoms with van der Waals surface area (Å²) in [6.45, 7) is 17.0. The lowest BCUT2D eigenvalue weighted by Gasteiger charge is -2.56. The number of carbonyl (C=O) groups is 1. The number of fused-ring (bicyclic) bond motifs is 5. The van der Waals surface area contributed by atoms with Crippen LogP contribution in [0.4, 0.5) is 0 Å². The Morgan fingerprint density at radius 1 is 1.06 bits per heavy atom. The van der Waals surface area contributed by atoms with Crippen LogP contribution in [0.2, 0.25) is 0 Å². The van der Waals surface area contributed by atoms with Gasteiger partial charge in [0.2, 0.25) is 0 Å². The van der Waals surface area contributed by atoms with Crippen molar-refractivity contribution in [2.75, 3.05) is 0 Å². The maximum absolute atomic E-state index is 12.2. The Morgan fingerprint density at radius 2 is 1.81 bits per heavy atom. The molecule has 0 aromatic heterocycles. The van der Waals surface area contributed by atoms with E-state index >= 15 is 0 Å². The normalized spacial score (nSPS) is 43.2. The molecule has 1 saturated heterocycles. The summed E-state index contributed by atoms with van der Waals surface area (Å²) in [7, 11) is 0. The molecule has 0 radical (unpaired) electrons. The Hall–Kier alpha value is -1.05. The van der Waals surface area contributed by atoms with Crippen molar-refractivity contribution >= 4 is 5.97 Å². The molecule has 0 unspecified atom stereocenters.